The minimum atomic E-state index is -0.321. The highest BCUT2D eigenvalue weighted by atomic mass is 32.1. The van der Waals surface area contributed by atoms with E-state index in [1.54, 1.807) is 30.5 Å². The number of ketones is 1. The van der Waals surface area contributed by atoms with Gasteiger partial charge in [-0.15, -0.1) is 11.3 Å². The van der Waals surface area contributed by atoms with Gasteiger partial charge in [0.2, 0.25) is 0 Å². The molecule has 3 N–H and O–H groups in total. The zero-order valence-corrected chi connectivity index (χ0v) is 13.5. The fourth-order valence-electron chi connectivity index (χ4n) is 2.84. The van der Waals surface area contributed by atoms with Gasteiger partial charge in [0.15, 0.2) is 5.78 Å². The van der Waals surface area contributed by atoms with Crippen LogP contribution in [0.5, 0.6) is 0 Å². The van der Waals surface area contributed by atoms with Crippen LogP contribution in [0, 0.1) is 0 Å². The first-order chi connectivity index (χ1) is 11.6. The van der Waals surface area contributed by atoms with Crippen LogP contribution in [0.25, 0.3) is 10.2 Å². The molecule has 0 saturated carbocycles. The summed E-state index contributed by atoms with van der Waals surface area (Å²) in [6.45, 7) is 0. The lowest BCUT2D eigenvalue weighted by molar-refractivity contribution is 0.0970. The Hall–Kier alpha value is -2.80. The van der Waals surface area contributed by atoms with Gasteiger partial charge in [-0.1, -0.05) is 6.07 Å². The average molecular weight is 338 g/mol. The molecule has 24 heavy (non-hydrogen) atoms. The summed E-state index contributed by atoms with van der Waals surface area (Å²) in [5.41, 5.74) is 7.95. The summed E-state index contributed by atoms with van der Waals surface area (Å²) in [6.07, 6.45) is 3.74. The maximum Gasteiger partial charge on any atom is 0.269 e. The summed E-state index contributed by atoms with van der Waals surface area (Å²) in [5, 5.41) is 3.39. The molecule has 1 amide bonds. The van der Waals surface area contributed by atoms with Crippen LogP contribution in [0.2, 0.25) is 0 Å². The van der Waals surface area contributed by atoms with Gasteiger partial charge >= 0.3 is 0 Å². The summed E-state index contributed by atoms with van der Waals surface area (Å²) < 4.78 is 0. The Kier molecular flexibility index (Phi) is 3.50. The number of thiophene rings is 1. The summed E-state index contributed by atoms with van der Waals surface area (Å²) >= 11 is 1.24. The van der Waals surface area contributed by atoms with Crippen LogP contribution >= 0.6 is 11.3 Å². The van der Waals surface area contributed by atoms with Gasteiger partial charge in [0.1, 0.15) is 15.5 Å². The lowest BCUT2D eigenvalue weighted by Crippen LogP contribution is -2.13. The second-order valence-corrected chi connectivity index (χ2v) is 6.63. The van der Waals surface area contributed by atoms with E-state index in [0.717, 1.165) is 18.5 Å². The maximum atomic E-state index is 12.5. The van der Waals surface area contributed by atoms with Crippen molar-refractivity contribution < 1.29 is 9.59 Å². The molecule has 0 radical (unpaired) electrons. The zero-order chi connectivity index (χ0) is 16.7. The minimum absolute atomic E-state index is 0.0933. The van der Waals surface area contributed by atoms with Crippen molar-refractivity contribution >= 4 is 44.7 Å². The van der Waals surface area contributed by atoms with Gasteiger partial charge in [-0.05, 0) is 31.0 Å². The average Bonchev–Trinajstić information content (AvgIpc) is 2.91. The molecular formula is C17H14N4O2S. The molecule has 0 aliphatic heterocycles. The van der Waals surface area contributed by atoms with E-state index >= 15 is 0 Å². The van der Waals surface area contributed by atoms with Gasteiger partial charge in [0.05, 0.1) is 11.4 Å². The minimum Gasteiger partial charge on any atom is -0.397 e. The van der Waals surface area contributed by atoms with Crippen molar-refractivity contribution in [2.24, 2.45) is 0 Å². The van der Waals surface area contributed by atoms with E-state index in [2.05, 4.69) is 15.3 Å². The van der Waals surface area contributed by atoms with Crippen molar-refractivity contribution in [3.63, 3.8) is 0 Å². The van der Waals surface area contributed by atoms with Gasteiger partial charge in [-0.2, -0.15) is 0 Å². The van der Waals surface area contributed by atoms with Crippen molar-refractivity contribution in [2.75, 3.05) is 11.1 Å². The molecule has 120 valence electrons. The van der Waals surface area contributed by atoms with Crippen LogP contribution in [0.4, 0.5) is 11.5 Å². The number of anilines is 2. The number of hydrogen-bond donors (Lipinski definition) is 2. The summed E-state index contributed by atoms with van der Waals surface area (Å²) in [4.78, 5) is 34.2. The van der Waals surface area contributed by atoms with Crippen LogP contribution in [0.1, 0.15) is 38.6 Å². The molecule has 0 bridgehead atoms. The quantitative estimate of drug-likeness (QED) is 0.748. The number of nitrogens with one attached hydrogen (secondary N) is 1. The molecule has 6 nitrogen and oxygen atoms in total. The fraction of sp³-hybridized carbons (Fsp3) is 0.176. The number of hydrogen-bond acceptors (Lipinski definition) is 6. The number of amides is 1. The van der Waals surface area contributed by atoms with E-state index in [9.17, 15) is 9.59 Å². The van der Waals surface area contributed by atoms with E-state index in [1.165, 1.54) is 11.3 Å². The van der Waals surface area contributed by atoms with E-state index < -0.39 is 0 Å². The van der Waals surface area contributed by atoms with Crippen LogP contribution in [0.3, 0.4) is 0 Å². The summed E-state index contributed by atoms with van der Waals surface area (Å²) in [7, 11) is 0. The Bertz CT molecular complexity index is 966. The Morgan fingerprint density at radius 1 is 1.29 bits per heavy atom. The molecule has 4 rings (SSSR count). The third-order valence-corrected chi connectivity index (χ3v) is 5.14. The number of Topliss-reactive ketones (excluding diaryl/α,β-unsaturated/α-hetero) is 1. The molecule has 0 spiro atoms. The number of fused-ring (bicyclic) bond motifs is 2. The Labute approximate surface area is 141 Å². The van der Waals surface area contributed by atoms with Gasteiger partial charge < -0.3 is 11.1 Å². The highest BCUT2D eigenvalue weighted by Gasteiger charge is 2.23. The largest absolute Gasteiger partial charge is 0.397 e. The third-order valence-electron chi connectivity index (χ3n) is 4.03. The van der Waals surface area contributed by atoms with Crippen LogP contribution < -0.4 is 11.1 Å². The molecule has 0 fully saturated rings. The van der Waals surface area contributed by atoms with Crippen molar-refractivity contribution in [3.8, 4) is 0 Å². The van der Waals surface area contributed by atoms with Gasteiger partial charge in [-0.3, -0.25) is 9.59 Å². The molecule has 0 atom stereocenters. The number of nitrogen functional groups attached to an aromatic ring is 1. The molecule has 0 aromatic carbocycles. The molecule has 3 aromatic heterocycles. The summed E-state index contributed by atoms with van der Waals surface area (Å²) in [5.74, 6) is 0.232. The van der Waals surface area contributed by atoms with Gasteiger partial charge in [0, 0.05) is 23.6 Å². The SMILES string of the molecule is Nc1c(C(=O)Nc2ccccn2)sc2nc3c(cc12)C(=O)CCC3. The Balaban J connectivity index is 1.75. The van der Waals surface area contributed by atoms with Crippen LogP contribution in [-0.4, -0.2) is 21.7 Å². The number of pyridine rings is 2. The predicted molar refractivity (Wildman–Crippen MR) is 93.5 cm³/mol. The first-order valence-corrected chi connectivity index (χ1v) is 8.42. The van der Waals surface area contributed by atoms with Crippen molar-refractivity contribution in [1.82, 2.24) is 9.97 Å². The summed E-state index contributed by atoms with van der Waals surface area (Å²) in [6, 6.07) is 7.05. The first kappa shape index (κ1) is 14.8. The fourth-order valence-corrected chi connectivity index (χ4v) is 3.83. The van der Waals surface area contributed by atoms with Crippen LogP contribution in [0.15, 0.2) is 30.5 Å². The van der Waals surface area contributed by atoms with Crippen molar-refractivity contribution in [2.45, 2.75) is 19.3 Å². The number of nitrogens with two attached hydrogens (primary N) is 1. The molecule has 3 heterocycles. The van der Waals surface area contributed by atoms with E-state index in [4.69, 9.17) is 5.73 Å². The molecule has 0 unspecified atom stereocenters. The number of aromatic nitrogens is 2. The number of nitrogens with zero attached hydrogens (tertiary/aromatic N) is 2. The predicted octanol–water partition coefficient (Wildman–Crippen LogP) is 3.04. The van der Waals surface area contributed by atoms with Gasteiger partial charge in [-0.25, -0.2) is 9.97 Å². The maximum absolute atomic E-state index is 12.5. The smallest absolute Gasteiger partial charge is 0.269 e. The topological polar surface area (TPSA) is 98.0 Å². The van der Waals surface area contributed by atoms with E-state index in [0.29, 0.717) is 38.6 Å². The second-order valence-electron chi connectivity index (χ2n) is 5.63. The Morgan fingerprint density at radius 3 is 2.96 bits per heavy atom. The molecule has 7 heteroatoms. The highest BCUT2D eigenvalue weighted by Crippen LogP contribution is 2.35. The number of carbonyl (C=O) groups is 2. The van der Waals surface area contributed by atoms with E-state index in [-0.39, 0.29) is 11.7 Å². The first-order valence-electron chi connectivity index (χ1n) is 7.61. The van der Waals surface area contributed by atoms with E-state index in [1.807, 2.05) is 0 Å². The normalized spacial score (nSPS) is 13.8. The van der Waals surface area contributed by atoms with Crippen molar-refractivity contribution in [3.05, 3.63) is 46.6 Å². The Morgan fingerprint density at radius 2 is 2.17 bits per heavy atom. The number of carbonyl (C=O) groups excluding carboxylic acids is 2. The van der Waals surface area contributed by atoms with Crippen LogP contribution in [-0.2, 0) is 6.42 Å². The lowest BCUT2D eigenvalue weighted by Gasteiger charge is -2.13. The molecule has 1 aliphatic rings. The molecule has 3 aromatic rings. The third kappa shape index (κ3) is 2.43. The zero-order valence-electron chi connectivity index (χ0n) is 12.7. The van der Waals surface area contributed by atoms with Crippen molar-refractivity contribution in [1.29, 1.82) is 0 Å². The molecule has 1 aliphatic carbocycles. The number of rotatable bonds is 2. The van der Waals surface area contributed by atoms with Gasteiger partial charge in [0.25, 0.3) is 5.91 Å². The monoisotopic (exact) mass is 338 g/mol. The standard InChI is InChI=1S/C17H14N4O2S/c18-14-10-8-9-11(4-3-5-12(9)22)20-17(10)24-15(14)16(23)21-13-6-1-2-7-19-13/h1-2,6-8H,3-5,18H2,(H,19,21,23). The highest BCUT2D eigenvalue weighted by molar-refractivity contribution is 7.21. The lowest BCUT2D eigenvalue weighted by atomic mass is 9.94. The molecule has 0 saturated heterocycles. The molecular weight excluding hydrogens is 324 g/mol. The number of aryl methyl sites for hydroxylation is 1. The second kappa shape index (κ2) is 5.68.